The van der Waals surface area contributed by atoms with Crippen molar-refractivity contribution >= 4 is 23.6 Å². The van der Waals surface area contributed by atoms with Gasteiger partial charge in [-0.25, -0.2) is 9.78 Å². The number of rotatable bonds is 2. The molecule has 2 heterocycles. The van der Waals surface area contributed by atoms with E-state index in [-0.39, 0.29) is 23.3 Å². The summed E-state index contributed by atoms with van der Waals surface area (Å²) in [6, 6.07) is 0.111. The summed E-state index contributed by atoms with van der Waals surface area (Å²) in [7, 11) is 0. The van der Waals surface area contributed by atoms with Gasteiger partial charge in [0.15, 0.2) is 11.4 Å². The van der Waals surface area contributed by atoms with Crippen molar-refractivity contribution in [3.63, 3.8) is 0 Å². The van der Waals surface area contributed by atoms with Crippen LogP contribution in [0, 0.1) is 0 Å². The molecule has 6 nitrogen and oxygen atoms in total. The smallest absolute Gasteiger partial charge is 0.354 e. The molecular formula is C10H13N3O3S. The summed E-state index contributed by atoms with van der Waals surface area (Å²) in [5, 5.41) is 8.92. The fourth-order valence-corrected chi connectivity index (χ4v) is 2.80. The monoisotopic (exact) mass is 255 g/mol. The number of carbonyl (C=O) groups excluding carboxylic acids is 1. The van der Waals surface area contributed by atoms with E-state index in [4.69, 9.17) is 5.11 Å². The second kappa shape index (κ2) is 4.79. The molecule has 1 unspecified atom stereocenters. The number of hydrogen-bond acceptors (Lipinski definition) is 4. The van der Waals surface area contributed by atoms with E-state index < -0.39 is 5.97 Å². The number of amides is 1. The maximum atomic E-state index is 12.2. The van der Waals surface area contributed by atoms with Crippen LogP contribution >= 0.6 is 11.8 Å². The summed E-state index contributed by atoms with van der Waals surface area (Å²) >= 11 is 1.79. The van der Waals surface area contributed by atoms with E-state index in [9.17, 15) is 9.59 Å². The maximum Gasteiger partial charge on any atom is 0.354 e. The minimum absolute atomic E-state index is 0.00347. The summed E-state index contributed by atoms with van der Waals surface area (Å²) in [5.74, 6) is 0.280. The Hall–Kier alpha value is -1.50. The Kier molecular flexibility index (Phi) is 3.37. The molecule has 1 aromatic rings. The second-order valence-electron chi connectivity index (χ2n) is 3.85. The zero-order valence-corrected chi connectivity index (χ0v) is 10.2. The Morgan fingerprint density at radius 1 is 1.65 bits per heavy atom. The molecule has 1 saturated heterocycles. The highest BCUT2D eigenvalue weighted by molar-refractivity contribution is 7.99. The van der Waals surface area contributed by atoms with Gasteiger partial charge >= 0.3 is 5.97 Å². The van der Waals surface area contributed by atoms with Gasteiger partial charge in [-0.2, -0.15) is 11.8 Å². The molecule has 1 atom stereocenters. The van der Waals surface area contributed by atoms with Gasteiger partial charge in [0.05, 0.1) is 6.33 Å². The summed E-state index contributed by atoms with van der Waals surface area (Å²) in [4.78, 5) is 31.0. The molecule has 92 valence electrons. The van der Waals surface area contributed by atoms with Crippen molar-refractivity contribution in [3.8, 4) is 0 Å². The fourth-order valence-electron chi connectivity index (χ4n) is 1.78. The van der Waals surface area contributed by atoms with Gasteiger partial charge in [-0.05, 0) is 6.92 Å². The maximum absolute atomic E-state index is 12.2. The molecule has 0 radical (unpaired) electrons. The molecule has 1 aliphatic heterocycles. The van der Waals surface area contributed by atoms with Crippen molar-refractivity contribution in [2.24, 2.45) is 0 Å². The first-order valence-corrected chi connectivity index (χ1v) is 6.42. The lowest BCUT2D eigenvalue weighted by molar-refractivity contribution is 0.0655. The number of aromatic amines is 1. The SMILES string of the molecule is CC1CSCCN1C(=O)c1nc[nH]c1C(=O)O. The number of nitrogens with one attached hydrogen (secondary N) is 1. The second-order valence-corrected chi connectivity index (χ2v) is 5.00. The average molecular weight is 255 g/mol. The van der Waals surface area contributed by atoms with Crippen LogP contribution in [0.3, 0.4) is 0 Å². The number of aromatic nitrogens is 2. The Morgan fingerprint density at radius 2 is 2.41 bits per heavy atom. The highest BCUT2D eigenvalue weighted by atomic mass is 32.2. The van der Waals surface area contributed by atoms with Gasteiger partial charge in [0, 0.05) is 24.1 Å². The number of carboxylic acids is 1. The van der Waals surface area contributed by atoms with E-state index in [0.29, 0.717) is 6.54 Å². The van der Waals surface area contributed by atoms with Crippen LogP contribution in [0.25, 0.3) is 0 Å². The van der Waals surface area contributed by atoms with E-state index in [1.807, 2.05) is 6.92 Å². The number of carbonyl (C=O) groups is 2. The third kappa shape index (κ3) is 2.28. The van der Waals surface area contributed by atoms with Crippen LogP contribution < -0.4 is 0 Å². The zero-order valence-electron chi connectivity index (χ0n) is 9.34. The first-order valence-electron chi connectivity index (χ1n) is 5.26. The molecule has 7 heteroatoms. The Balaban J connectivity index is 2.24. The molecule has 1 aromatic heterocycles. The number of H-pyrrole nitrogens is 1. The highest BCUT2D eigenvalue weighted by Gasteiger charge is 2.29. The molecule has 0 bridgehead atoms. The Bertz CT molecular complexity index is 446. The van der Waals surface area contributed by atoms with E-state index in [1.54, 1.807) is 16.7 Å². The third-order valence-corrected chi connectivity index (χ3v) is 3.87. The number of imidazole rings is 1. The largest absolute Gasteiger partial charge is 0.477 e. The molecule has 2 N–H and O–H groups in total. The number of carboxylic acid groups (broad SMARTS) is 1. The lowest BCUT2D eigenvalue weighted by Gasteiger charge is -2.32. The minimum atomic E-state index is -1.16. The van der Waals surface area contributed by atoms with E-state index >= 15 is 0 Å². The van der Waals surface area contributed by atoms with Crippen LogP contribution in [0.1, 0.15) is 27.9 Å². The van der Waals surface area contributed by atoms with Crippen molar-refractivity contribution in [2.75, 3.05) is 18.1 Å². The molecule has 0 aromatic carbocycles. The highest BCUT2D eigenvalue weighted by Crippen LogP contribution is 2.19. The zero-order chi connectivity index (χ0) is 12.4. The summed E-state index contributed by atoms with van der Waals surface area (Å²) in [6.45, 7) is 2.59. The molecule has 1 fully saturated rings. The van der Waals surface area contributed by atoms with Gasteiger partial charge in [-0.1, -0.05) is 0 Å². The van der Waals surface area contributed by atoms with Gasteiger partial charge in [0.2, 0.25) is 0 Å². The normalized spacial score (nSPS) is 20.3. The first kappa shape index (κ1) is 12.0. The average Bonchev–Trinajstić information content (AvgIpc) is 2.77. The number of aromatic carboxylic acids is 1. The predicted octanol–water partition coefficient (Wildman–Crippen LogP) is 0.685. The van der Waals surface area contributed by atoms with Gasteiger partial charge in [-0.3, -0.25) is 4.79 Å². The van der Waals surface area contributed by atoms with Crippen LogP contribution in [-0.4, -0.2) is 55.9 Å². The summed E-state index contributed by atoms with van der Waals surface area (Å²) in [6.07, 6.45) is 1.24. The fraction of sp³-hybridized carbons (Fsp3) is 0.500. The van der Waals surface area contributed by atoms with Gasteiger partial charge in [0.25, 0.3) is 5.91 Å². The lowest BCUT2D eigenvalue weighted by Crippen LogP contribution is -2.45. The first-order chi connectivity index (χ1) is 8.11. The molecule has 0 saturated carbocycles. The van der Waals surface area contributed by atoms with Crippen molar-refractivity contribution in [1.82, 2.24) is 14.9 Å². The van der Waals surface area contributed by atoms with Gasteiger partial charge in [0.1, 0.15) is 0 Å². The minimum Gasteiger partial charge on any atom is -0.477 e. The van der Waals surface area contributed by atoms with Crippen LogP contribution in [0.2, 0.25) is 0 Å². The van der Waals surface area contributed by atoms with Crippen molar-refractivity contribution in [1.29, 1.82) is 0 Å². The Morgan fingerprint density at radius 3 is 3.06 bits per heavy atom. The summed E-state index contributed by atoms with van der Waals surface area (Å²) < 4.78 is 0. The van der Waals surface area contributed by atoms with E-state index in [1.165, 1.54) is 6.33 Å². The topological polar surface area (TPSA) is 86.3 Å². The molecule has 2 rings (SSSR count). The van der Waals surface area contributed by atoms with E-state index in [0.717, 1.165) is 11.5 Å². The third-order valence-electron chi connectivity index (χ3n) is 2.68. The van der Waals surface area contributed by atoms with Crippen molar-refractivity contribution < 1.29 is 14.7 Å². The van der Waals surface area contributed by atoms with Crippen LogP contribution in [0.15, 0.2) is 6.33 Å². The van der Waals surface area contributed by atoms with Crippen molar-refractivity contribution in [3.05, 3.63) is 17.7 Å². The van der Waals surface area contributed by atoms with Gasteiger partial charge in [-0.15, -0.1) is 0 Å². The molecule has 17 heavy (non-hydrogen) atoms. The van der Waals surface area contributed by atoms with Gasteiger partial charge < -0.3 is 15.0 Å². The predicted molar refractivity (Wildman–Crippen MR) is 63.4 cm³/mol. The number of nitrogens with zero attached hydrogens (tertiary/aromatic N) is 2. The molecular weight excluding hydrogens is 242 g/mol. The van der Waals surface area contributed by atoms with Crippen molar-refractivity contribution in [2.45, 2.75) is 13.0 Å². The number of hydrogen-bond donors (Lipinski definition) is 2. The molecule has 1 amide bonds. The van der Waals surface area contributed by atoms with Crippen LogP contribution in [0.4, 0.5) is 0 Å². The standard InChI is InChI=1S/C10H13N3O3S/c1-6-4-17-3-2-13(6)9(14)7-8(10(15)16)12-5-11-7/h5-6H,2-4H2,1H3,(H,11,12)(H,15,16). The molecule has 0 aliphatic carbocycles. The molecule has 0 spiro atoms. The molecule has 1 aliphatic rings. The lowest BCUT2D eigenvalue weighted by atomic mass is 10.2. The quantitative estimate of drug-likeness (QED) is 0.811. The van der Waals surface area contributed by atoms with Crippen LogP contribution in [0.5, 0.6) is 0 Å². The van der Waals surface area contributed by atoms with E-state index in [2.05, 4.69) is 9.97 Å². The van der Waals surface area contributed by atoms with Crippen LogP contribution in [-0.2, 0) is 0 Å². The Labute approximate surface area is 102 Å². The number of thioether (sulfide) groups is 1. The summed E-state index contributed by atoms with van der Waals surface area (Å²) in [5.41, 5.74) is -0.142.